The van der Waals surface area contributed by atoms with Crippen molar-refractivity contribution in [3.63, 3.8) is 0 Å². The highest BCUT2D eigenvalue weighted by Crippen LogP contribution is 2.62. The van der Waals surface area contributed by atoms with Gasteiger partial charge in [-0.05, 0) is 23.2 Å². The third-order valence-electron chi connectivity index (χ3n) is 3.97. The van der Waals surface area contributed by atoms with Crippen LogP contribution in [0.2, 0.25) is 0 Å². The monoisotopic (exact) mass is 154 g/mol. The van der Waals surface area contributed by atoms with Gasteiger partial charge in [-0.25, -0.2) is 0 Å². The summed E-state index contributed by atoms with van der Waals surface area (Å²) in [5, 5.41) is 0. The van der Waals surface area contributed by atoms with Crippen LogP contribution in [0.4, 0.5) is 0 Å². The fourth-order valence-corrected chi connectivity index (χ4v) is 2.40. The summed E-state index contributed by atoms with van der Waals surface area (Å²) in [5.41, 5.74) is 1.28. The lowest BCUT2D eigenvalue weighted by Gasteiger charge is -2.28. The van der Waals surface area contributed by atoms with E-state index in [1.165, 1.54) is 19.3 Å². The van der Waals surface area contributed by atoms with Gasteiger partial charge in [0.15, 0.2) is 0 Å². The van der Waals surface area contributed by atoms with E-state index >= 15 is 0 Å². The predicted molar refractivity (Wildman–Crippen MR) is 50.6 cm³/mol. The van der Waals surface area contributed by atoms with Gasteiger partial charge in [-0.3, -0.25) is 0 Å². The Kier molecular flexibility index (Phi) is 2.07. The zero-order valence-corrected chi connectivity index (χ0v) is 8.70. The van der Waals surface area contributed by atoms with Crippen LogP contribution in [0.15, 0.2) is 0 Å². The summed E-state index contributed by atoms with van der Waals surface area (Å²) in [4.78, 5) is 0. The number of hydrogen-bond donors (Lipinski definition) is 0. The first-order valence-electron chi connectivity index (χ1n) is 4.96. The topological polar surface area (TPSA) is 0 Å². The van der Waals surface area contributed by atoms with Crippen LogP contribution >= 0.6 is 0 Å². The lowest BCUT2D eigenvalue weighted by atomic mass is 9.77. The maximum atomic E-state index is 2.45. The van der Waals surface area contributed by atoms with Crippen molar-refractivity contribution in [1.29, 1.82) is 0 Å². The van der Waals surface area contributed by atoms with Crippen molar-refractivity contribution in [1.82, 2.24) is 0 Å². The van der Waals surface area contributed by atoms with Crippen molar-refractivity contribution in [2.24, 2.45) is 16.7 Å². The molecule has 0 heterocycles. The Bertz CT molecular complexity index is 140. The normalized spacial score (nSPS) is 28.6. The molecule has 0 radical (unpaired) electrons. The van der Waals surface area contributed by atoms with Crippen molar-refractivity contribution in [3.05, 3.63) is 0 Å². The summed E-state index contributed by atoms with van der Waals surface area (Å²) in [6.45, 7) is 11.9. The summed E-state index contributed by atoms with van der Waals surface area (Å²) in [6.07, 6.45) is 4.14. The lowest BCUT2D eigenvalue weighted by Crippen LogP contribution is -2.19. The van der Waals surface area contributed by atoms with Gasteiger partial charge in [0.1, 0.15) is 0 Å². The lowest BCUT2D eigenvalue weighted by molar-refractivity contribution is 0.217. The molecule has 1 unspecified atom stereocenters. The molecule has 0 saturated heterocycles. The van der Waals surface area contributed by atoms with Gasteiger partial charge in [-0.1, -0.05) is 47.5 Å². The average Bonchev–Trinajstić information content (AvgIpc) is 2.59. The summed E-state index contributed by atoms with van der Waals surface area (Å²) in [5.74, 6) is 0.991. The molecule has 0 bridgehead atoms. The summed E-state index contributed by atoms with van der Waals surface area (Å²) < 4.78 is 0. The molecule has 0 aliphatic heterocycles. The summed E-state index contributed by atoms with van der Waals surface area (Å²) in [7, 11) is 0. The minimum Gasteiger partial charge on any atom is -0.0649 e. The molecule has 0 nitrogen and oxygen atoms in total. The molecule has 0 N–H and O–H groups in total. The van der Waals surface area contributed by atoms with Crippen LogP contribution in [0.3, 0.4) is 0 Å². The van der Waals surface area contributed by atoms with Crippen molar-refractivity contribution in [2.75, 3.05) is 0 Å². The van der Waals surface area contributed by atoms with Crippen molar-refractivity contribution in [3.8, 4) is 0 Å². The van der Waals surface area contributed by atoms with Gasteiger partial charge in [-0.2, -0.15) is 0 Å². The molecule has 1 saturated carbocycles. The second kappa shape index (κ2) is 2.50. The Morgan fingerprint density at radius 2 is 1.64 bits per heavy atom. The maximum absolute atomic E-state index is 2.45. The summed E-state index contributed by atoms with van der Waals surface area (Å²) >= 11 is 0. The van der Waals surface area contributed by atoms with Gasteiger partial charge in [0.05, 0.1) is 0 Å². The fourth-order valence-electron chi connectivity index (χ4n) is 2.40. The van der Waals surface area contributed by atoms with Crippen molar-refractivity contribution < 1.29 is 0 Å². The molecule has 1 fully saturated rings. The Labute approximate surface area is 71.4 Å². The van der Waals surface area contributed by atoms with Gasteiger partial charge in [0.25, 0.3) is 0 Å². The Hall–Kier alpha value is 0. The van der Waals surface area contributed by atoms with E-state index in [2.05, 4.69) is 34.6 Å². The second-order valence-corrected chi connectivity index (χ2v) is 5.11. The largest absolute Gasteiger partial charge is 0.0649 e. The van der Waals surface area contributed by atoms with Crippen LogP contribution in [0.25, 0.3) is 0 Å². The second-order valence-electron chi connectivity index (χ2n) is 5.11. The van der Waals surface area contributed by atoms with Crippen LogP contribution in [0.5, 0.6) is 0 Å². The zero-order chi connectivity index (χ0) is 8.70. The third-order valence-corrected chi connectivity index (χ3v) is 3.97. The van der Waals surface area contributed by atoms with E-state index in [1.807, 2.05) is 0 Å². The molecule has 0 aromatic carbocycles. The molecule has 1 atom stereocenters. The minimum atomic E-state index is 0.628. The van der Waals surface area contributed by atoms with Crippen LogP contribution in [-0.4, -0.2) is 0 Å². The Morgan fingerprint density at radius 1 is 1.27 bits per heavy atom. The van der Waals surface area contributed by atoms with Crippen LogP contribution in [0.1, 0.15) is 53.9 Å². The molecule has 11 heavy (non-hydrogen) atoms. The highest BCUT2D eigenvalue weighted by Gasteiger charge is 2.53. The number of rotatable bonds is 3. The van der Waals surface area contributed by atoms with E-state index in [4.69, 9.17) is 0 Å². The van der Waals surface area contributed by atoms with Crippen LogP contribution in [0, 0.1) is 16.7 Å². The molecule has 0 heteroatoms. The van der Waals surface area contributed by atoms with E-state index in [1.54, 1.807) is 0 Å². The first-order valence-corrected chi connectivity index (χ1v) is 4.96. The number of hydrogen-bond acceptors (Lipinski definition) is 0. The minimum absolute atomic E-state index is 0.628. The van der Waals surface area contributed by atoms with Crippen LogP contribution < -0.4 is 0 Å². The highest BCUT2D eigenvalue weighted by molar-refractivity contribution is 5.03. The SMILES string of the molecule is CCC(C)(CC)C1CC1(C)C. The Balaban J connectivity index is 2.59. The van der Waals surface area contributed by atoms with Gasteiger partial charge in [-0.15, -0.1) is 0 Å². The molecular weight excluding hydrogens is 132 g/mol. The van der Waals surface area contributed by atoms with E-state index in [-0.39, 0.29) is 0 Å². The van der Waals surface area contributed by atoms with Crippen molar-refractivity contribution in [2.45, 2.75) is 53.9 Å². The first-order chi connectivity index (χ1) is 4.96. The molecule has 66 valence electrons. The Morgan fingerprint density at radius 3 is 1.73 bits per heavy atom. The first kappa shape index (κ1) is 9.09. The van der Waals surface area contributed by atoms with E-state index in [0.717, 1.165) is 5.92 Å². The molecule has 0 aromatic rings. The summed E-state index contributed by atoms with van der Waals surface area (Å²) in [6, 6.07) is 0. The van der Waals surface area contributed by atoms with Gasteiger partial charge in [0.2, 0.25) is 0 Å². The maximum Gasteiger partial charge on any atom is -0.0297 e. The smallest absolute Gasteiger partial charge is 0.0297 e. The molecule has 0 aromatic heterocycles. The molecule has 1 aliphatic rings. The van der Waals surface area contributed by atoms with Crippen molar-refractivity contribution >= 4 is 0 Å². The van der Waals surface area contributed by atoms with Gasteiger partial charge in [0, 0.05) is 0 Å². The molecule has 1 rings (SSSR count). The zero-order valence-electron chi connectivity index (χ0n) is 8.70. The molecule has 1 aliphatic carbocycles. The van der Waals surface area contributed by atoms with E-state index in [9.17, 15) is 0 Å². The predicted octanol–water partition coefficient (Wildman–Crippen LogP) is 3.86. The van der Waals surface area contributed by atoms with Gasteiger partial charge < -0.3 is 0 Å². The molecular formula is C11H22. The highest BCUT2D eigenvalue weighted by atomic mass is 14.6. The molecule has 0 amide bonds. The molecule has 0 spiro atoms. The van der Waals surface area contributed by atoms with E-state index in [0.29, 0.717) is 10.8 Å². The van der Waals surface area contributed by atoms with Crippen LogP contribution in [-0.2, 0) is 0 Å². The van der Waals surface area contributed by atoms with Gasteiger partial charge >= 0.3 is 0 Å². The standard InChI is InChI=1S/C11H22/c1-6-11(5,7-2)9-8-10(9,3)4/h9H,6-8H2,1-5H3. The average molecular weight is 154 g/mol. The van der Waals surface area contributed by atoms with E-state index < -0.39 is 0 Å². The fraction of sp³-hybridized carbons (Fsp3) is 1.00. The quantitative estimate of drug-likeness (QED) is 0.579. The third kappa shape index (κ3) is 1.45.